The van der Waals surface area contributed by atoms with Crippen molar-refractivity contribution in [2.24, 2.45) is 0 Å². The number of alkyl halides is 1. The molecule has 1 heterocycles. The fraction of sp³-hybridized carbons (Fsp3) is 0.273. The molecule has 0 aliphatic rings. The third kappa shape index (κ3) is 1.62. The van der Waals surface area contributed by atoms with E-state index in [0.717, 1.165) is 5.33 Å². The molecule has 0 saturated carbocycles. The molecule has 2 aromatic rings. The van der Waals surface area contributed by atoms with E-state index in [4.69, 9.17) is 0 Å². The molecule has 1 aromatic heterocycles. The van der Waals surface area contributed by atoms with Crippen LogP contribution in [0.3, 0.4) is 0 Å². The first-order valence-corrected chi connectivity index (χ1v) is 7.60. The van der Waals surface area contributed by atoms with Crippen LogP contribution in [0.2, 0.25) is 0 Å². The number of thioether (sulfide) groups is 1. The van der Waals surface area contributed by atoms with E-state index in [9.17, 15) is 0 Å². The molecule has 1 aromatic carbocycles. The summed E-state index contributed by atoms with van der Waals surface area (Å²) in [6.07, 6.45) is 2.14. The number of hydrogen-bond acceptors (Lipinski definition) is 2. The van der Waals surface area contributed by atoms with Crippen molar-refractivity contribution in [2.45, 2.75) is 17.1 Å². The van der Waals surface area contributed by atoms with Crippen molar-refractivity contribution in [3.8, 4) is 0 Å². The number of fused-ring (bicyclic) bond motifs is 1. The first-order valence-electron chi connectivity index (χ1n) is 4.37. The Labute approximate surface area is 101 Å². The zero-order chi connectivity index (χ0) is 10.1. The van der Waals surface area contributed by atoms with Gasteiger partial charge < -0.3 is 0 Å². The lowest BCUT2D eigenvalue weighted by molar-refractivity contribution is 1.26. The molecule has 0 N–H and O–H groups in total. The van der Waals surface area contributed by atoms with E-state index < -0.39 is 0 Å². The van der Waals surface area contributed by atoms with Crippen molar-refractivity contribution in [3.63, 3.8) is 0 Å². The third-order valence-electron chi connectivity index (χ3n) is 2.43. The Balaban J connectivity index is 2.80. The second kappa shape index (κ2) is 4.25. The summed E-state index contributed by atoms with van der Waals surface area (Å²) in [7, 11) is 0. The van der Waals surface area contributed by atoms with E-state index in [2.05, 4.69) is 46.6 Å². The van der Waals surface area contributed by atoms with Gasteiger partial charge >= 0.3 is 0 Å². The molecule has 0 radical (unpaired) electrons. The maximum atomic E-state index is 3.57. The molecular weight excluding hydrogens is 276 g/mol. The minimum absolute atomic E-state index is 0.949. The van der Waals surface area contributed by atoms with Crippen molar-refractivity contribution >= 4 is 49.1 Å². The summed E-state index contributed by atoms with van der Waals surface area (Å²) < 4.78 is 1.43. The van der Waals surface area contributed by atoms with Crippen LogP contribution in [-0.2, 0) is 5.33 Å². The summed E-state index contributed by atoms with van der Waals surface area (Å²) in [6.45, 7) is 2.21. The zero-order valence-corrected chi connectivity index (χ0v) is 11.4. The molecule has 74 valence electrons. The van der Waals surface area contributed by atoms with Gasteiger partial charge in [0, 0.05) is 14.9 Å². The molecule has 0 spiro atoms. The smallest absolute Gasteiger partial charge is 0.0386 e. The SMILES string of the molecule is CSc1cc2ccsc2c(CBr)c1C. The monoisotopic (exact) mass is 286 g/mol. The predicted molar refractivity (Wildman–Crippen MR) is 71.0 cm³/mol. The van der Waals surface area contributed by atoms with Crippen molar-refractivity contribution in [1.82, 2.24) is 0 Å². The molecular formula is C11H11BrS2. The Morgan fingerprint density at radius 2 is 2.29 bits per heavy atom. The van der Waals surface area contributed by atoms with Crippen molar-refractivity contribution in [1.29, 1.82) is 0 Å². The average Bonchev–Trinajstić information content (AvgIpc) is 2.64. The van der Waals surface area contributed by atoms with Crippen molar-refractivity contribution in [3.05, 3.63) is 28.6 Å². The predicted octanol–water partition coefficient (Wildman–Crippen LogP) is 4.83. The molecule has 0 saturated heterocycles. The van der Waals surface area contributed by atoms with Crippen molar-refractivity contribution < 1.29 is 0 Å². The lowest BCUT2D eigenvalue weighted by Crippen LogP contribution is -1.88. The van der Waals surface area contributed by atoms with Crippen LogP contribution in [0.15, 0.2) is 22.4 Å². The van der Waals surface area contributed by atoms with Crippen LogP contribution < -0.4 is 0 Å². The maximum absolute atomic E-state index is 3.57. The molecule has 0 fully saturated rings. The molecule has 0 aliphatic carbocycles. The Kier molecular flexibility index (Phi) is 3.20. The minimum atomic E-state index is 0.949. The van der Waals surface area contributed by atoms with Crippen LogP contribution in [0.1, 0.15) is 11.1 Å². The number of rotatable bonds is 2. The van der Waals surface area contributed by atoms with Gasteiger partial charge in [0.25, 0.3) is 0 Å². The highest BCUT2D eigenvalue weighted by molar-refractivity contribution is 9.08. The Bertz CT molecular complexity index is 460. The van der Waals surface area contributed by atoms with Crippen molar-refractivity contribution in [2.75, 3.05) is 6.26 Å². The largest absolute Gasteiger partial charge is 0.143 e. The van der Waals surface area contributed by atoms with Gasteiger partial charge in [0.15, 0.2) is 0 Å². The number of thiophene rings is 1. The van der Waals surface area contributed by atoms with Gasteiger partial charge in [-0.15, -0.1) is 23.1 Å². The molecule has 0 unspecified atom stereocenters. The summed E-state index contributed by atoms with van der Waals surface area (Å²) in [5.41, 5.74) is 2.87. The van der Waals surface area contributed by atoms with Gasteiger partial charge in [-0.1, -0.05) is 15.9 Å². The van der Waals surface area contributed by atoms with Crippen LogP contribution >= 0.6 is 39.0 Å². The van der Waals surface area contributed by atoms with E-state index in [1.807, 2.05) is 23.1 Å². The average molecular weight is 287 g/mol. The Morgan fingerprint density at radius 3 is 2.93 bits per heavy atom. The Morgan fingerprint density at radius 1 is 1.50 bits per heavy atom. The van der Waals surface area contributed by atoms with Crippen LogP contribution in [0.25, 0.3) is 10.1 Å². The van der Waals surface area contributed by atoms with Gasteiger partial charge in [-0.3, -0.25) is 0 Å². The minimum Gasteiger partial charge on any atom is -0.143 e. The fourth-order valence-corrected chi connectivity index (χ4v) is 4.16. The second-order valence-electron chi connectivity index (χ2n) is 3.15. The van der Waals surface area contributed by atoms with Crippen LogP contribution in [-0.4, -0.2) is 6.26 Å². The first kappa shape index (κ1) is 10.5. The van der Waals surface area contributed by atoms with E-state index in [0.29, 0.717) is 0 Å². The van der Waals surface area contributed by atoms with Gasteiger partial charge in [0.2, 0.25) is 0 Å². The fourth-order valence-electron chi connectivity index (χ4n) is 1.62. The molecule has 0 bridgehead atoms. The summed E-state index contributed by atoms with van der Waals surface area (Å²) in [4.78, 5) is 1.39. The van der Waals surface area contributed by atoms with Gasteiger partial charge in [0.05, 0.1) is 0 Å². The number of halogens is 1. The molecule has 3 heteroatoms. The van der Waals surface area contributed by atoms with Crippen LogP contribution in [0.4, 0.5) is 0 Å². The lowest BCUT2D eigenvalue weighted by Gasteiger charge is -2.08. The van der Waals surface area contributed by atoms with E-state index >= 15 is 0 Å². The Hall–Kier alpha value is 0.01000. The molecule has 0 amide bonds. The summed E-state index contributed by atoms with van der Waals surface area (Å²) in [6, 6.07) is 4.49. The van der Waals surface area contributed by atoms with Crippen LogP contribution in [0, 0.1) is 6.92 Å². The normalized spacial score (nSPS) is 11.1. The van der Waals surface area contributed by atoms with Crippen LogP contribution in [0.5, 0.6) is 0 Å². The van der Waals surface area contributed by atoms with E-state index in [-0.39, 0.29) is 0 Å². The summed E-state index contributed by atoms with van der Waals surface area (Å²) in [5, 5.41) is 4.49. The number of hydrogen-bond donors (Lipinski definition) is 0. The highest BCUT2D eigenvalue weighted by Crippen LogP contribution is 2.34. The molecule has 14 heavy (non-hydrogen) atoms. The second-order valence-corrected chi connectivity index (χ2v) is 5.48. The third-order valence-corrected chi connectivity index (χ3v) is 4.85. The van der Waals surface area contributed by atoms with Gasteiger partial charge in [-0.05, 0) is 47.2 Å². The highest BCUT2D eigenvalue weighted by atomic mass is 79.9. The van der Waals surface area contributed by atoms with Gasteiger partial charge in [-0.2, -0.15) is 0 Å². The quantitative estimate of drug-likeness (QED) is 0.563. The molecule has 0 atom stereocenters. The summed E-state index contributed by atoms with van der Waals surface area (Å²) >= 11 is 7.23. The standard InChI is InChI=1S/C11H11BrS2/c1-7-9(6-12)11-8(3-4-14-11)5-10(7)13-2/h3-5H,6H2,1-2H3. The van der Waals surface area contributed by atoms with Gasteiger partial charge in [-0.25, -0.2) is 0 Å². The first-order chi connectivity index (χ1) is 6.77. The number of benzene rings is 1. The summed E-state index contributed by atoms with van der Waals surface area (Å²) in [5.74, 6) is 0. The maximum Gasteiger partial charge on any atom is 0.0386 e. The molecule has 2 rings (SSSR count). The molecule has 0 nitrogen and oxygen atoms in total. The van der Waals surface area contributed by atoms with Gasteiger partial charge in [0.1, 0.15) is 0 Å². The lowest BCUT2D eigenvalue weighted by atomic mass is 10.1. The zero-order valence-electron chi connectivity index (χ0n) is 8.13. The molecule has 0 aliphatic heterocycles. The van der Waals surface area contributed by atoms with E-state index in [1.165, 1.54) is 26.1 Å². The topological polar surface area (TPSA) is 0 Å². The highest BCUT2D eigenvalue weighted by Gasteiger charge is 2.09. The van der Waals surface area contributed by atoms with E-state index in [1.54, 1.807) is 0 Å².